The molecule has 3 nitrogen and oxygen atoms in total. The lowest BCUT2D eigenvalue weighted by Gasteiger charge is -2.24. The van der Waals surface area contributed by atoms with Crippen molar-refractivity contribution < 1.29 is 8.42 Å². The highest BCUT2D eigenvalue weighted by Gasteiger charge is 2.30. The van der Waals surface area contributed by atoms with Crippen molar-refractivity contribution >= 4 is 9.84 Å². The number of rotatable bonds is 6. The van der Waals surface area contributed by atoms with Gasteiger partial charge in [0, 0.05) is 6.04 Å². The van der Waals surface area contributed by atoms with Crippen LogP contribution in [0, 0.1) is 19.8 Å². The van der Waals surface area contributed by atoms with Crippen LogP contribution in [0.25, 0.3) is 0 Å². The predicted octanol–water partition coefficient (Wildman–Crippen LogP) is 3.17. The molecule has 0 spiro atoms. The quantitative estimate of drug-likeness (QED) is 0.878. The molecule has 0 aromatic heterocycles. The van der Waals surface area contributed by atoms with Gasteiger partial charge in [0.2, 0.25) is 0 Å². The standard InChI is InChI=1S/C17H27NO2S/c1-4-9-18-17(11-15-8-10-21(19,20)12-15)16-7-5-6-13(2)14(16)3/h5-7,15,17-18H,4,8-12H2,1-3H3. The zero-order valence-electron chi connectivity index (χ0n) is 13.4. The Morgan fingerprint density at radius 2 is 2.10 bits per heavy atom. The van der Waals surface area contributed by atoms with E-state index in [1.807, 2.05) is 0 Å². The van der Waals surface area contributed by atoms with Gasteiger partial charge in [0.15, 0.2) is 9.84 Å². The molecule has 0 aliphatic carbocycles. The van der Waals surface area contributed by atoms with Gasteiger partial charge >= 0.3 is 0 Å². The molecule has 0 saturated carbocycles. The van der Waals surface area contributed by atoms with Crippen molar-refractivity contribution in [3.05, 3.63) is 34.9 Å². The van der Waals surface area contributed by atoms with Gasteiger partial charge in [-0.15, -0.1) is 0 Å². The third-order valence-corrected chi connectivity index (χ3v) is 6.40. The van der Waals surface area contributed by atoms with Gasteiger partial charge in [-0.2, -0.15) is 0 Å². The number of hydrogen-bond acceptors (Lipinski definition) is 3. The third-order valence-electron chi connectivity index (χ3n) is 4.56. The molecule has 1 N–H and O–H groups in total. The maximum Gasteiger partial charge on any atom is 0.150 e. The summed E-state index contributed by atoms with van der Waals surface area (Å²) in [4.78, 5) is 0. The van der Waals surface area contributed by atoms with E-state index in [1.165, 1.54) is 16.7 Å². The molecule has 2 atom stereocenters. The minimum Gasteiger partial charge on any atom is -0.310 e. The highest BCUT2D eigenvalue weighted by Crippen LogP contribution is 2.31. The number of sulfone groups is 1. The Kier molecular flexibility index (Phi) is 5.44. The van der Waals surface area contributed by atoms with E-state index in [-0.39, 0.29) is 6.04 Å². The molecule has 2 rings (SSSR count). The summed E-state index contributed by atoms with van der Waals surface area (Å²) >= 11 is 0. The molecule has 1 aliphatic heterocycles. The fraction of sp³-hybridized carbons (Fsp3) is 0.647. The zero-order valence-corrected chi connectivity index (χ0v) is 14.2. The van der Waals surface area contributed by atoms with Gasteiger partial charge in [-0.05, 0) is 62.3 Å². The van der Waals surface area contributed by atoms with E-state index >= 15 is 0 Å². The van der Waals surface area contributed by atoms with Crippen LogP contribution < -0.4 is 5.32 Å². The van der Waals surface area contributed by atoms with Gasteiger partial charge in [-0.1, -0.05) is 25.1 Å². The first-order valence-corrected chi connectivity index (χ1v) is 9.75. The van der Waals surface area contributed by atoms with Crippen molar-refractivity contribution in [3.63, 3.8) is 0 Å². The Hall–Kier alpha value is -0.870. The Labute approximate surface area is 129 Å². The molecule has 1 heterocycles. The van der Waals surface area contributed by atoms with Crippen molar-refractivity contribution in [2.75, 3.05) is 18.1 Å². The first-order valence-electron chi connectivity index (χ1n) is 7.93. The highest BCUT2D eigenvalue weighted by molar-refractivity contribution is 7.91. The molecule has 2 unspecified atom stereocenters. The molecule has 0 amide bonds. The third kappa shape index (κ3) is 4.30. The van der Waals surface area contributed by atoms with Crippen molar-refractivity contribution in [1.29, 1.82) is 0 Å². The molecule has 0 bridgehead atoms. The molecule has 1 fully saturated rings. The fourth-order valence-electron chi connectivity index (χ4n) is 3.18. The van der Waals surface area contributed by atoms with Gasteiger partial charge in [0.05, 0.1) is 11.5 Å². The second-order valence-electron chi connectivity index (χ2n) is 6.30. The summed E-state index contributed by atoms with van der Waals surface area (Å²) in [6, 6.07) is 6.68. The molecule has 21 heavy (non-hydrogen) atoms. The summed E-state index contributed by atoms with van der Waals surface area (Å²) in [6.07, 6.45) is 2.82. The summed E-state index contributed by atoms with van der Waals surface area (Å²) in [5, 5.41) is 3.61. The smallest absolute Gasteiger partial charge is 0.150 e. The Morgan fingerprint density at radius 1 is 1.33 bits per heavy atom. The fourth-order valence-corrected chi connectivity index (χ4v) is 5.06. The second-order valence-corrected chi connectivity index (χ2v) is 8.53. The molecule has 1 saturated heterocycles. The second kappa shape index (κ2) is 6.93. The van der Waals surface area contributed by atoms with E-state index in [0.717, 1.165) is 25.8 Å². The van der Waals surface area contributed by atoms with Crippen LogP contribution in [0.3, 0.4) is 0 Å². The van der Waals surface area contributed by atoms with Gasteiger partial charge < -0.3 is 5.32 Å². The minimum atomic E-state index is -2.79. The normalized spacial score (nSPS) is 22.3. The number of benzene rings is 1. The molecular formula is C17H27NO2S. The van der Waals surface area contributed by atoms with Crippen LogP contribution in [0.1, 0.15) is 48.9 Å². The van der Waals surface area contributed by atoms with Crippen LogP contribution in [0.4, 0.5) is 0 Å². The van der Waals surface area contributed by atoms with Gasteiger partial charge in [0.25, 0.3) is 0 Å². The maximum atomic E-state index is 11.7. The molecule has 1 aromatic carbocycles. The van der Waals surface area contributed by atoms with Crippen LogP contribution in [-0.4, -0.2) is 26.5 Å². The SMILES string of the molecule is CCCNC(CC1CCS(=O)(=O)C1)c1cccc(C)c1C. The summed E-state index contributed by atoms with van der Waals surface area (Å²) in [5.74, 6) is 1.02. The highest BCUT2D eigenvalue weighted by atomic mass is 32.2. The molecule has 0 radical (unpaired) electrons. The summed E-state index contributed by atoms with van der Waals surface area (Å²) in [6.45, 7) is 7.43. The Bertz CT molecular complexity index is 580. The zero-order chi connectivity index (χ0) is 15.5. The topological polar surface area (TPSA) is 46.2 Å². The van der Waals surface area contributed by atoms with Crippen LogP contribution in [-0.2, 0) is 9.84 Å². The van der Waals surface area contributed by atoms with E-state index in [2.05, 4.69) is 44.3 Å². The van der Waals surface area contributed by atoms with E-state index in [9.17, 15) is 8.42 Å². The lowest BCUT2D eigenvalue weighted by Crippen LogP contribution is -2.25. The van der Waals surface area contributed by atoms with E-state index in [1.54, 1.807) is 0 Å². The monoisotopic (exact) mass is 309 g/mol. The van der Waals surface area contributed by atoms with E-state index in [0.29, 0.717) is 17.4 Å². The van der Waals surface area contributed by atoms with Gasteiger partial charge in [0.1, 0.15) is 0 Å². The van der Waals surface area contributed by atoms with E-state index < -0.39 is 9.84 Å². The minimum absolute atomic E-state index is 0.267. The van der Waals surface area contributed by atoms with Crippen molar-refractivity contribution in [1.82, 2.24) is 5.32 Å². The largest absolute Gasteiger partial charge is 0.310 e. The molecule has 4 heteroatoms. The first-order chi connectivity index (χ1) is 9.93. The van der Waals surface area contributed by atoms with Crippen molar-refractivity contribution in [2.24, 2.45) is 5.92 Å². The number of nitrogens with one attached hydrogen (secondary N) is 1. The lowest BCUT2D eigenvalue weighted by molar-refractivity contribution is 0.413. The van der Waals surface area contributed by atoms with Crippen LogP contribution in [0.2, 0.25) is 0 Å². The number of hydrogen-bond donors (Lipinski definition) is 1. The number of aryl methyl sites for hydroxylation is 1. The van der Waals surface area contributed by atoms with Crippen LogP contribution in [0.5, 0.6) is 0 Å². The summed E-state index contributed by atoms with van der Waals surface area (Å²) < 4.78 is 23.3. The molecule has 1 aromatic rings. The van der Waals surface area contributed by atoms with E-state index in [4.69, 9.17) is 0 Å². The van der Waals surface area contributed by atoms with Crippen LogP contribution >= 0.6 is 0 Å². The Morgan fingerprint density at radius 3 is 2.71 bits per heavy atom. The molecule has 1 aliphatic rings. The van der Waals surface area contributed by atoms with Crippen molar-refractivity contribution in [3.8, 4) is 0 Å². The maximum absolute atomic E-state index is 11.7. The van der Waals surface area contributed by atoms with Gasteiger partial charge in [-0.25, -0.2) is 8.42 Å². The molecular weight excluding hydrogens is 282 g/mol. The first kappa shape index (κ1) is 16.5. The van der Waals surface area contributed by atoms with Crippen molar-refractivity contribution in [2.45, 2.75) is 46.1 Å². The lowest BCUT2D eigenvalue weighted by atomic mass is 9.90. The van der Waals surface area contributed by atoms with Crippen LogP contribution in [0.15, 0.2) is 18.2 Å². The Balaban J connectivity index is 2.16. The predicted molar refractivity (Wildman–Crippen MR) is 88.3 cm³/mol. The average Bonchev–Trinajstić information content (AvgIpc) is 2.77. The molecule has 118 valence electrons. The average molecular weight is 309 g/mol. The summed E-state index contributed by atoms with van der Waals surface area (Å²) in [7, 11) is -2.79. The van der Waals surface area contributed by atoms with Gasteiger partial charge in [-0.3, -0.25) is 0 Å². The summed E-state index contributed by atoms with van der Waals surface area (Å²) in [5.41, 5.74) is 3.95.